The number of para-hydroxylation sites is 3. The van der Waals surface area contributed by atoms with Crippen LogP contribution in [0.2, 0.25) is 10.0 Å². The van der Waals surface area contributed by atoms with Gasteiger partial charge in [-0.2, -0.15) is 0 Å². The summed E-state index contributed by atoms with van der Waals surface area (Å²) < 4.78 is 2.25. The van der Waals surface area contributed by atoms with E-state index < -0.39 is 0 Å². The highest BCUT2D eigenvalue weighted by molar-refractivity contribution is 6.44. The molecule has 0 saturated heterocycles. The van der Waals surface area contributed by atoms with Crippen LogP contribution in [0.15, 0.2) is 109 Å². The van der Waals surface area contributed by atoms with E-state index in [0.29, 0.717) is 10.0 Å². The van der Waals surface area contributed by atoms with Crippen molar-refractivity contribution in [2.24, 2.45) is 0 Å². The third-order valence-electron chi connectivity index (χ3n) is 5.12. The lowest BCUT2D eigenvalue weighted by Crippen LogP contribution is -2.14. The standard InChI is InChI=1S/C26H18Cl2N2/c27-22-15-9-17-24(26(22)28)30(21-13-5-2-6-14-21)25-18-19-10-7-8-16-23(19)29(25)20-11-3-1-4-12-20/h1-18H. The molecule has 0 aliphatic heterocycles. The maximum absolute atomic E-state index is 6.70. The minimum atomic E-state index is 0.521. The number of halogens is 2. The van der Waals surface area contributed by atoms with E-state index >= 15 is 0 Å². The molecule has 1 aromatic heterocycles. The monoisotopic (exact) mass is 428 g/mol. The Morgan fingerprint density at radius 2 is 1.30 bits per heavy atom. The van der Waals surface area contributed by atoms with Crippen LogP contribution < -0.4 is 4.90 Å². The molecule has 5 rings (SSSR count). The van der Waals surface area contributed by atoms with Crippen LogP contribution in [-0.2, 0) is 0 Å². The molecule has 0 amide bonds. The molecule has 0 saturated carbocycles. The third-order valence-corrected chi connectivity index (χ3v) is 5.93. The Morgan fingerprint density at radius 3 is 2.07 bits per heavy atom. The second-order valence-electron chi connectivity index (χ2n) is 6.98. The lowest BCUT2D eigenvalue weighted by atomic mass is 10.2. The second kappa shape index (κ2) is 7.91. The maximum atomic E-state index is 6.70. The van der Waals surface area contributed by atoms with Crippen molar-refractivity contribution in [2.75, 3.05) is 4.90 Å². The van der Waals surface area contributed by atoms with Crippen molar-refractivity contribution in [3.63, 3.8) is 0 Å². The van der Waals surface area contributed by atoms with E-state index in [9.17, 15) is 0 Å². The van der Waals surface area contributed by atoms with E-state index in [0.717, 1.165) is 33.8 Å². The summed E-state index contributed by atoms with van der Waals surface area (Å²) in [6.07, 6.45) is 0. The molecule has 146 valence electrons. The SMILES string of the molecule is Clc1cccc(N(c2ccccc2)c2cc3ccccc3n2-c2ccccc2)c1Cl. The van der Waals surface area contributed by atoms with Gasteiger partial charge < -0.3 is 0 Å². The first kappa shape index (κ1) is 18.8. The molecule has 0 spiro atoms. The molecule has 4 aromatic carbocycles. The average Bonchev–Trinajstić information content (AvgIpc) is 3.17. The van der Waals surface area contributed by atoms with E-state index in [1.165, 1.54) is 0 Å². The lowest BCUT2D eigenvalue weighted by Gasteiger charge is -2.28. The van der Waals surface area contributed by atoms with Gasteiger partial charge in [-0.3, -0.25) is 9.47 Å². The first-order chi connectivity index (χ1) is 14.7. The molecular weight excluding hydrogens is 411 g/mol. The van der Waals surface area contributed by atoms with Crippen molar-refractivity contribution in [3.8, 4) is 5.69 Å². The molecule has 0 aliphatic rings. The van der Waals surface area contributed by atoms with Crippen LogP contribution in [0.3, 0.4) is 0 Å². The Kier molecular flexibility index (Phi) is 4.96. The van der Waals surface area contributed by atoms with Gasteiger partial charge in [-0.15, -0.1) is 0 Å². The quantitative estimate of drug-likeness (QED) is 0.278. The Morgan fingerprint density at radius 1 is 0.633 bits per heavy atom. The number of hydrogen-bond donors (Lipinski definition) is 0. The average molecular weight is 429 g/mol. The summed E-state index contributed by atoms with van der Waals surface area (Å²) in [6, 6.07) is 36.8. The largest absolute Gasteiger partial charge is 0.296 e. The smallest absolute Gasteiger partial charge is 0.123 e. The van der Waals surface area contributed by atoms with Crippen molar-refractivity contribution >= 4 is 51.3 Å². The molecule has 4 heteroatoms. The van der Waals surface area contributed by atoms with Crippen LogP contribution in [-0.4, -0.2) is 4.57 Å². The maximum Gasteiger partial charge on any atom is 0.123 e. The fourth-order valence-corrected chi connectivity index (χ4v) is 4.17. The van der Waals surface area contributed by atoms with Gasteiger partial charge in [0.15, 0.2) is 0 Å². The van der Waals surface area contributed by atoms with Crippen molar-refractivity contribution < 1.29 is 0 Å². The van der Waals surface area contributed by atoms with Crippen LogP contribution in [0, 0.1) is 0 Å². The number of fused-ring (bicyclic) bond motifs is 1. The fraction of sp³-hybridized carbons (Fsp3) is 0. The van der Waals surface area contributed by atoms with Gasteiger partial charge in [-0.25, -0.2) is 0 Å². The van der Waals surface area contributed by atoms with Gasteiger partial charge in [0.05, 0.1) is 21.2 Å². The van der Waals surface area contributed by atoms with Crippen LogP contribution in [0.1, 0.15) is 0 Å². The van der Waals surface area contributed by atoms with Gasteiger partial charge in [0, 0.05) is 16.8 Å². The van der Waals surface area contributed by atoms with Crippen molar-refractivity contribution in [1.29, 1.82) is 0 Å². The van der Waals surface area contributed by atoms with Gasteiger partial charge in [-0.1, -0.05) is 83.9 Å². The predicted octanol–water partition coefficient (Wildman–Crippen LogP) is 8.41. The van der Waals surface area contributed by atoms with Gasteiger partial charge in [0.1, 0.15) is 5.82 Å². The van der Waals surface area contributed by atoms with E-state index in [1.807, 2.05) is 54.6 Å². The Hall–Kier alpha value is -3.20. The molecule has 0 radical (unpaired) electrons. The molecule has 0 fully saturated rings. The highest BCUT2D eigenvalue weighted by Crippen LogP contribution is 2.43. The van der Waals surface area contributed by atoms with E-state index in [4.69, 9.17) is 23.2 Å². The summed E-state index contributed by atoms with van der Waals surface area (Å²) in [4.78, 5) is 2.15. The van der Waals surface area contributed by atoms with Crippen LogP contribution in [0.4, 0.5) is 17.2 Å². The summed E-state index contributed by atoms with van der Waals surface area (Å²) in [6.45, 7) is 0. The number of nitrogens with zero attached hydrogens (tertiary/aromatic N) is 2. The lowest BCUT2D eigenvalue weighted by molar-refractivity contribution is 1.07. The number of hydrogen-bond acceptors (Lipinski definition) is 1. The van der Waals surface area contributed by atoms with E-state index in [2.05, 4.69) is 64.1 Å². The molecule has 0 N–H and O–H groups in total. The summed E-state index contributed by atoms with van der Waals surface area (Å²) in [5.41, 5.74) is 4.03. The van der Waals surface area contributed by atoms with Gasteiger partial charge in [0.2, 0.25) is 0 Å². The van der Waals surface area contributed by atoms with Crippen molar-refractivity contribution in [2.45, 2.75) is 0 Å². The first-order valence-electron chi connectivity index (χ1n) is 9.69. The van der Waals surface area contributed by atoms with Crippen LogP contribution in [0.25, 0.3) is 16.6 Å². The summed E-state index contributed by atoms with van der Waals surface area (Å²) in [5.74, 6) is 0.984. The number of benzene rings is 4. The van der Waals surface area contributed by atoms with E-state index in [1.54, 1.807) is 0 Å². The third kappa shape index (κ3) is 3.24. The first-order valence-corrected chi connectivity index (χ1v) is 10.4. The molecule has 2 nitrogen and oxygen atoms in total. The van der Waals surface area contributed by atoms with Gasteiger partial charge >= 0.3 is 0 Å². The Bertz CT molecular complexity index is 1310. The van der Waals surface area contributed by atoms with Crippen molar-refractivity contribution in [3.05, 3.63) is 119 Å². The fourth-order valence-electron chi connectivity index (χ4n) is 3.79. The van der Waals surface area contributed by atoms with Gasteiger partial charge in [-0.05, 0) is 48.5 Å². The molecule has 30 heavy (non-hydrogen) atoms. The zero-order valence-corrected chi connectivity index (χ0v) is 17.6. The summed E-state index contributed by atoms with van der Waals surface area (Å²) in [7, 11) is 0. The number of rotatable bonds is 4. The van der Waals surface area contributed by atoms with E-state index in [-0.39, 0.29) is 0 Å². The molecule has 0 aliphatic carbocycles. The zero-order valence-electron chi connectivity index (χ0n) is 16.0. The minimum absolute atomic E-state index is 0.521. The molecule has 5 aromatic rings. The highest BCUT2D eigenvalue weighted by Gasteiger charge is 2.22. The molecule has 0 unspecified atom stereocenters. The summed E-state index contributed by atoms with van der Waals surface area (Å²) in [5, 5.41) is 2.20. The summed E-state index contributed by atoms with van der Waals surface area (Å²) >= 11 is 13.1. The number of aromatic nitrogens is 1. The molecular formula is C26H18Cl2N2. The zero-order chi connectivity index (χ0) is 20.5. The van der Waals surface area contributed by atoms with Crippen LogP contribution in [0.5, 0.6) is 0 Å². The highest BCUT2D eigenvalue weighted by atomic mass is 35.5. The van der Waals surface area contributed by atoms with Crippen LogP contribution >= 0.6 is 23.2 Å². The molecule has 1 heterocycles. The Labute approximate surface area is 185 Å². The molecule has 0 bridgehead atoms. The van der Waals surface area contributed by atoms with Gasteiger partial charge in [0.25, 0.3) is 0 Å². The normalized spacial score (nSPS) is 11.0. The topological polar surface area (TPSA) is 8.17 Å². The Balaban J connectivity index is 1.86. The number of anilines is 3. The van der Waals surface area contributed by atoms with Crippen molar-refractivity contribution in [1.82, 2.24) is 4.57 Å². The predicted molar refractivity (Wildman–Crippen MR) is 128 cm³/mol. The molecule has 0 atom stereocenters. The second-order valence-corrected chi connectivity index (χ2v) is 7.76. The minimum Gasteiger partial charge on any atom is -0.296 e.